The number of carbonyl (C=O) groups excluding carboxylic acids is 2. The van der Waals surface area contributed by atoms with Gasteiger partial charge >= 0.3 is 5.97 Å². The second kappa shape index (κ2) is 11.3. The first kappa shape index (κ1) is 27.0. The van der Waals surface area contributed by atoms with Crippen molar-refractivity contribution in [2.24, 2.45) is 0 Å². The van der Waals surface area contributed by atoms with Crippen LogP contribution in [0.3, 0.4) is 0 Å². The van der Waals surface area contributed by atoms with Gasteiger partial charge < -0.3 is 25.0 Å². The van der Waals surface area contributed by atoms with Crippen molar-refractivity contribution in [1.29, 1.82) is 0 Å². The highest BCUT2D eigenvalue weighted by Gasteiger charge is 2.58. The average Bonchev–Trinajstić information content (AvgIpc) is 3.65. The van der Waals surface area contributed by atoms with Gasteiger partial charge in [-0.1, -0.05) is 35.9 Å². The summed E-state index contributed by atoms with van der Waals surface area (Å²) in [5.41, 5.74) is 1.08. The van der Waals surface area contributed by atoms with Crippen molar-refractivity contribution < 1.29 is 27.8 Å². The number of nitrogens with one attached hydrogen (secondary N) is 2. The van der Waals surface area contributed by atoms with E-state index in [1.54, 1.807) is 12.2 Å². The molecule has 0 saturated carbocycles. The lowest BCUT2D eigenvalue weighted by Gasteiger charge is -2.36. The van der Waals surface area contributed by atoms with E-state index in [0.717, 1.165) is 49.7 Å². The van der Waals surface area contributed by atoms with Crippen molar-refractivity contribution in [3.63, 3.8) is 0 Å². The summed E-state index contributed by atoms with van der Waals surface area (Å²) in [5.74, 6) is -2.56. The molecule has 0 aromatic heterocycles. The number of ether oxygens (including phenoxy) is 2. The Morgan fingerprint density at radius 1 is 1.13 bits per heavy atom. The van der Waals surface area contributed by atoms with Gasteiger partial charge in [0, 0.05) is 24.8 Å². The van der Waals surface area contributed by atoms with Gasteiger partial charge in [-0.25, -0.2) is 13.6 Å². The molecule has 5 rings (SSSR count). The number of likely N-dealkylation sites (tertiary alicyclic amines) is 1. The monoisotopic (exact) mass is 537 g/mol. The molecule has 0 radical (unpaired) electrons. The number of rotatable bonds is 10. The second-order valence-electron chi connectivity index (χ2n) is 10.3. The van der Waals surface area contributed by atoms with E-state index in [-0.39, 0.29) is 16.8 Å². The summed E-state index contributed by atoms with van der Waals surface area (Å²) in [6.45, 7) is 5.16. The largest absolute Gasteiger partial charge is 0.466 e. The molecular formula is C30H33F2N3O4. The molecule has 1 saturated heterocycles. The van der Waals surface area contributed by atoms with Crippen molar-refractivity contribution in [1.82, 2.24) is 10.2 Å². The molecule has 3 heterocycles. The number of halogens is 2. The summed E-state index contributed by atoms with van der Waals surface area (Å²) in [6.07, 6.45) is 5.38. The molecule has 206 valence electrons. The summed E-state index contributed by atoms with van der Waals surface area (Å²) in [6, 6.07) is 10.3. The van der Waals surface area contributed by atoms with Crippen LogP contribution in [0, 0.1) is 18.6 Å². The van der Waals surface area contributed by atoms with Gasteiger partial charge in [0.2, 0.25) is 0 Å². The highest BCUT2D eigenvalue weighted by atomic mass is 19.1. The number of benzene rings is 2. The molecule has 3 unspecified atom stereocenters. The van der Waals surface area contributed by atoms with E-state index >= 15 is 0 Å². The molecule has 2 aromatic carbocycles. The number of hydrogen-bond acceptors (Lipinski definition) is 6. The van der Waals surface area contributed by atoms with Gasteiger partial charge in [-0.15, -0.1) is 0 Å². The van der Waals surface area contributed by atoms with Gasteiger partial charge in [0.05, 0.1) is 24.3 Å². The molecule has 39 heavy (non-hydrogen) atoms. The fourth-order valence-electron chi connectivity index (χ4n) is 5.69. The first-order chi connectivity index (χ1) is 18.8. The molecule has 2 bridgehead atoms. The minimum absolute atomic E-state index is 0.0951. The molecule has 3 atom stereocenters. The van der Waals surface area contributed by atoms with Crippen LogP contribution in [0.4, 0.5) is 14.5 Å². The molecule has 3 aliphatic rings. The summed E-state index contributed by atoms with van der Waals surface area (Å²) < 4.78 is 39.7. The highest BCUT2D eigenvalue weighted by molar-refractivity contribution is 6.07. The number of carbonyl (C=O) groups is 2. The Labute approximate surface area is 226 Å². The van der Waals surface area contributed by atoms with Gasteiger partial charge in [0.15, 0.2) is 0 Å². The molecule has 2 aromatic rings. The molecule has 1 fully saturated rings. The van der Waals surface area contributed by atoms with Crippen molar-refractivity contribution in [2.45, 2.75) is 43.9 Å². The lowest BCUT2D eigenvalue weighted by molar-refractivity contribution is -0.138. The Bertz CT molecular complexity index is 1280. The number of esters is 1. The van der Waals surface area contributed by atoms with Crippen molar-refractivity contribution in [2.75, 3.05) is 38.6 Å². The van der Waals surface area contributed by atoms with Crippen LogP contribution in [0.25, 0.3) is 0 Å². The molecule has 7 nitrogen and oxygen atoms in total. The lowest BCUT2D eigenvalue weighted by atomic mass is 9.78. The Balaban J connectivity index is 1.49. The number of aryl methyl sites for hydroxylation is 1. The SMILES string of the molecule is COC(=O)C1=C(C(=O)NCCN2CCCC2)C2C=CC1(C(Cc1ccc(C)cc1)Nc1cc(F)cc(F)c1)O2. The van der Waals surface area contributed by atoms with E-state index in [2.05, 4.69) is 15.5 Å². The third-order valence-corrected chi connectivity index (χ3v) is 7.61. The van der Waals surface area contributed by atoms with Gasteiger partial charge in [-0.05, 0) is 63.0 Å². The maximum absolute atomic E-state index is 14.1. The van der Waals surface area contributed by atoms with Crippen LogP contribution in [0.2, 0.25) is 0 Å². The van der Waals surface area contributed by atoms with Crippen molar-refractivity contribution in [3.05, 3.63) is 88.5 Å². The van der Waals surface area contributed by atoms with Crippen LogP contribution in [0.15, 0.2) is 65.8 Å². The van der Waals surface area contributed by atoms with Crippen LogP contribution in [0.5, 0.6) is 0 Å². The Kier molecular flexibility index (Phi) is 7.81. The summed E-state index contributed by atoms with van der Waals surface area (Å²) in [4.78, 5) is 28.9. The van der Waals surface area contributed by atoms with E-state index < -0.39 is 41.3 Å². The van der Waals surface area contributed by atoms with Crippen LogP contribution < -0.4 is 10.6 Å². The lowest BCUT2D eigenvalue weighted by Crippen LogP contribution is -2.49. The number of nitrogens with zero attached hydrogens (tertiary/aromatic N) is 1. The van der Waals surface area contributed by atoms with E-state index in [1.165, 1.54) is 19.2 Å². The van der Waals surface area contributed by atoms with Crippen LogP contribution in [-0.2, 0) is 25.5 Å². The zero-order valence-corrected chi connectivity index (χ0v) is 22.1. The molecule has 1 amide bonds. The highest BCUT2D eigenvalue weighted by Crippen LogP contribution is 2.47. The van der Waals surface area contributed by atoms with E-state index in [0.29, 0.717) is 13.0 Å². The minimum atomic E-state index is -1.40. The maximum atomic E-state index is 14.1. The number of anilines is 1. The van der Waals surface area contributed by atoms with E-state index in [9.17, 15) is 18.4 Å². The normalized spacial score (nSPS) is 22.8. The van der Waals surface area contributed by atoms with Crippen LogP contribution in [-0.4, -0.2) is 67.8 Å². The quantitative estimate of drug-likeness (QED) is 0.356. The smallest absolute Gasteiger partial charge is 0.337 e. The first-order valence-electron chi connectivity index (χ1n) is 13.3. The zero-order valence-electron chi connectivity index (χ0n) is 22.1. The fraction of sp³-hybridized carbons (Fsp3) is 0.400. The molecular weight excluding hydrogens is 504 g/mol. The van der Waals surface area contributed by atoms with Crippen molar-refractivity contribution >= 4 is 17.6 Å². The fourth-order valence-corrected chi connectivity index (χ4v) is 5.69. The molecule has 9 heteroatoms. The average molecular weight is 538 g/mol. The number of amides is 1. The second-order valence-corrected chi connectivity index (χ2v) is 10.3. The Morgan fingerprint density at radius 2 is 1.82 bits per heavy atom. The summed E-state index contributed by atoms with van der Waals surface area (Å²) in [5, 5.41) is 6.14. The molecule has 0 aliphatic carbocycles. The van der Waals surface area contributed by atoms with Gasteiger partial charge in [-0.2, -0.15) is 0 Å². The standard InChI is InChI=1S/C30H33F2N3O4/c1-19-5-7-20(8-6-19)15-25(34-23-17-21(31)16-22(32)18-23)30-10-9-24(39-30)26(27(30)29(37)38-2)28(36)33-11-14-35-12-3-4-13-35/h5-10,16-18,24-25,34H,3-4,11-15H2,1-2H3,(H,33,36). The minimum Gasteiger partial charge on any atom is -0.466 e. The summed E-state index contributed by atoms with van der Waals surface area (Å²) >= 11 is 0. The number of fused-ring (bicyclic) bond motifs is 2. The topological polar surface area (TPSA) is 79.9 Å². The predicted molar refractivity (Wildman–Crippen MR) is 143 cm³/mol. The Hall–Kier alpha value is -3.56. The molecule has 3 aliphatic heterocycles. The number of hydrogen-bond donors (Lipinski definition) is 2. The van der Waals surface area contributed by atoms with Crippen LogP contribution >= 0.6 is 0 Å². The third kappa shape index (κ3) is 5.60. The van der Waals surface area contributed by atoms with E-state index in [4.69, 9.17) is 9.47 Å². The van der Waals surface area contributed by atoms with E-state index in [1.807, 2.05) is 31.2 Å². The molecule has 0 spiro atoms. The van der Waals surface area contributed by atoms with Gasteiger partial charge in [0.1, 0.15) is 23.3 Å². The van der Waals surface area contributed by atoms with Gasteiger partial charge in [0.25, 0.3) is 5.91 Å². The predicted octanol–water partition coefficient (Wildman–Crippen LogP) is 3.69. The van der Waals surface area contributed by atoms with Crippen LogP contribution in [0.1, 0.15) is 24.0 Å². The third-order valence-electron chi connectivity index (χ3n) is 7.61. The van der Waals surface area contributed by atoms with Gasteiger partial charge in [-0.3, -0.25) is 4.79 Å². The number of methoxy groups -OCH3 is 1. The summed E-state index contributed by atoms with van der Waals surface area (Å²) in [7, 11) is 1.26. The molecule has 2 N–H and O–H groups in total. The maximum Gasteiger partial charge on any atom is 0.337 e. The Morgan fingerprint density at radius 3 is 2.49 bits per heavy atom. The first-order valence-corrected chi connectivity index (χ1v) is 13.3. The van der Waals surface area contributed by atoms with Crippen molar-refractivity contribution in [3.8, 4) is 0 Å². The zero-order chi connectivity index (χ0) is 27.6.